The second-order valence-corrected chi connectivity index (χ2v) is 9.54. The van der Waals surface area contributed by atoms with Crippen molar-refractivity contribution in [2.75, 3.05) is 71.7 Å². The van der Waals surface area contributed by atoms with E-state index in [2.05, 4.69) is 38.0 Å². The normalized spacial score (nSPS) is 17.6. The predicted octanol–water partition coefficient (Wildman–Crippen LogP) is 0.348. The largest absolute Gasteiger partial charge is 0.379 e. The molecule has 2 heterocycles. The van der Waals surface area contributed by atoms with E-state index in [1.165, 1.54) is 11.1 Å². The van der Waals surface area contributed by atoms with Crippen LogP contribution >= 0.6 is 11.3 Å². The number of rotatable bonds is 10. The average molecular weight is 419 g/mol. The van der Waals surface area contributed by atoms with Gasteiger partial charge in [-0.2, -0.15) is 0 Å². The van der Waals surface area contributed by atoms with Crippen LogP contribution in [0, 0.1) is 0 Å². The second-order valence-electron chi connectivity index (χ2n) is 6.30. The minimum Gasteiger partial charge on any atom is -0.379 e. The number of hydrogen-bond donors (Lipinski definition) is 2. The highest BCUT2D eigenvalue weighted by molar-refractivity contribution is 7.90. The molecule has 1 aromatic rings. The van der Waals surface area contributed by atoms with Crippen LogP contribution in [-0.2, 0) is 19.3 Å². The monoisotopic (exact) mass is 418 g/mol. The summed E-state index contributed by atoms with van der Waals surface area (Å²) >= 11 is 1.76. The Hall–Kier alpha value is -1.20. The van der Waals surface area contributed by atoms with Gasteiger partial charge in [0.25, 0.3) is 0 Å². The lowest BCUT2D eigenvalue weighted by atomic mass is 10.2. The molecule has 0 radical (unpaired) electrons. The van der Waals surface area contributed by atoms with E-state index in [1.54, 1.807) is 18.4 Å². The fraction of sp³-hybridized carbons (Fsp3) is 0.706. The van der Waals surface area contributed by atoms with Crippen molar-refractivity contribution in [2.45, 2.75) is 6.04 Å². The van der Waals surface area contributed by atoms with Crippen LogP contribution < -0.4 is 10.6 Å². The summed E-state index contributed by atoms with van der Waals surface area (Å²) in [6.07, 6.45) is 1.21. The van der Waals surface area contributed by atoms with Crippen LogP contribution in [0.25, 0.3) is 0 Å². The van der Waals surface area contributed by atoms with Gasteiger partial charge in [-0.1, -0.05) is 6.07 Å². The summed E-state index contributed by atoms with van der Waals surface area (Å²) in [4.78, 5) is 8.00. The van der Waals surface area contributed by atoms with E-state index >= 15 is 0 Å². The molecular weight excluding hydrogens is 388 g/mol. The quantitative estimate of drug-likeness (QED) is 0.322. The van der Waals surface area contributed by atoms with Gasteiger partial charge in [0, 0.05) is 44.4 Å². The molecule has 1 aliphatic rings. The molecule has 0 aromatic carbocycles. The van der Waals surface area contributed by atoms with E-state index in [0.29, 0.717) is 19.1 Å². The summed E-state index contributed by atoms with van der Waals surface area (Å²) < 4.78 is 32.9. The van der Waals surface area contributed by atoms with Gasteiger partial charge in [0.15, 0.2) is 5.96 Å². The summed E-state index contributed by atoms with van der Waals surface area (Å²) in [5.41, 5.74) is 0. The van der Waals surface area contributed by atoms with Gasteiger partial charge >= 0.3 is 0 Å². The molecule has 10 heteroatoms. The number of guanidine groups is 1. The fourth-order valence-corrected chi connectivity index (χ4v) is 4.03. The molecule has 8 nitrogen and oxygen atoms in total. The summed E-state index contributed by atoms with van der Waals surface area (Å²) in [5.74, 6) is 0.749. The minimum atomic E-state index is -2.98. The third-order valence-corrected chi connectivity index (χ3v) is 6.06. The van der Waals surface area contributed by atoms with Crippen LogP contribution in [0.3, 0.4) is 0 Å². The van der Waals surface area contributed by atoms with Crippen LogP contribution in [-0.4, -0.2) is 90.9 Å². The minimum absolute atomic E-state index is 0.0437. The predicted molar refractivity (Wildman–Crippen MR) is 109 cm³/mol. The van der Waals surface area contributed by atoms with Crippen molar-refractivity contribution in [1.82, 2.24) is 15.5 Å². The Bertz CT molecular complexity index is 658. The number of sulfone groups is 1. The number of thiophene rings is 1. The fourth-order valence-electron chi connectivity index (χ4n) is 2.75. The molecule has 2 N–H and O–H groups in total. The van der Waals surface area contributed by atoms with Gasteiger partial charge in [0.1, 0.15) is 9.84 Å². The Morgan fingerprint density at radius 3 is 2.78 bits per heavy atom. The molecule has 0 aliphatic carbocycles. The molecular formula is C17H30N4O4S2. The summed E-state index contributed by atoms with van der Waals surface area (Å²) in [7, 11) is -1.25. The molecule has 154 valence electrons. The van der Waals surface area contributed by atoms with Crippen LogP contribution in [0.1, 0.15) is 10.9 Å². The maximum absolute atomic E-state index is 11.1. The van der Waals surface area contributed by atoms with Crippen molar-refractivity contribution in [3.8, 4) is 0 Å². The van der Waals surface area contributed by atoms with E-state index in [0.717, 1.165) is 32.8 Å². The Morgan fingerprint density at radius 1 is 1.37 bits per heavy atom. The topological polar surface area (TPSA) is 92.3 Å². The number of hydrogen-bond acceptors (Lipinski definition) is 7. The molecule has 1 aliphatic heterocycles. The Labute approximate surface area is 165 Å². The van der Waals surface area contributed by atoms with Crippen LogP contribution in [0.5, 0.6) is 0 Å². The van der Waals surface area contributed by atoms with Gasteiger partial charge in [0.2, 0.25) is 0 Å². The van der Waals surface area contributed by atoms with Crippen molar-refractivity contribution >= 4 is 27.1 Å². The van der Waals surface area contributed by atoms with Crippen molar-refractivity contribution in [3.63, 3.8) is 0 Å². The zero-order valence-electron chi connectivity index (χ0n) is 16.0. The second kappa shape index (κ2) is 11.6. The molecule has 1 saturated heterocycles. The van der Waals surface area contributed by atoms with E-state index in [-0.39, 0.29) is 18.4 Å². The molecule has 0 saturated carbocycles. The smallest absolute Gasteiger partial charge is 0.191 e. The van der Waals surface area contributed by atoms with Gasteiger partial charge in [-0.05, 0) is 11.4 Å². The first-order valence-corrected chi connectivity index (χ1v) is 12.0. The third-order valence-electron chi connectivity index (χ3n) is 4.18. The highest BCUT2D eigenvalue weighted by Crippen LogP contribution is 2.25. The first-order chi connectivity index (χ1) is 13.0. The number of morpholine rings is 1. The van der Waals surface area contributed by atoms with E-state index in [1.807, 2.05) is 0 Å². The van der Waals surface area contributed by atoms with E-state index in [9.17, 15) is 8.42 Å². The van der Waals surface area contributed by atoms with Crippen molar-refractivity contribution in [2.24, 2.45) is 4.99 Å². The molecule has 1 fully saturated rings. The van der Waals surface area contributed by atoms with Crippen LogP contribution in [0.2, 0.25) is 0 Å². The van der Waals surface area contributed by atoms with Crippen molar-refractivity contribution in [1.29, 1.82) is 0 Å². The maximum Gasteiger partial charge on any atom is 0.191 e. The zero-order chi connectivity index (χ0) is 19.5. The van der Waals surface area contributed by atoms with E-state index < -0.39 is 9.84 Å². The molecule has 0 bridgehead atoms. The highest BCUT2D eigenvalue weighted by atomic mass is 32.2. The zero-order valence-corrected chi connectivity index (χ0v) is 17.7. The van der Waals surface area contributed by atoms with Gasteiger partial charge in [-0.25, -0.2) is 8.42 Å². The molecule has 2 rings (SSSR count). The summed E-state index contributed by atoms with van der Waals surface area (Å²) in [6.45, 7) is 5.31. The molecule has 1 atom stereocenters. The highest BCUT2D eigenvalue weighted by Gasteiger charge is 2.23. The number of ether oxygens (including phenoxy) is 2. The molecule has 0 amide bonds. The summed E-state index contributed by atoms with van der Waals surface area (Å²) in [5, 5.41) is 8.68. The first kappa shape index (κ1) is 22.1. The lowest BCUT2D eigenvalue weighted by Crippen LogP contribution is -2.46. The van der Waals surface area contributed by atoms with Crippen LogP contribution in [0.15, 0.2) is 22.5 Å². The lowest BCUT2D eigenvalue weighted by Gasteiger charge is -2.34. The van der Waals surface area contributed by atoms with Crippen LogP contribution in [0.4, 0.5) is 0 Å². The number of nitrogens with one attached hydrogen (secondary N) is 2. The maximum atomic E-state index is 11.1. The van der Waals surface area contributed by atoms with E-state index in [4.69, 9.17) is 9.47 Å². The number of aliphatic imine (C=N–C) groups is 1. The van der Waals surface area contributed by atoms with Gasteiger partial charge in [-0.3, -0.25) is 9.89 Å². The standard InChI is InChI=1S/C17H30N4O4S2/c1-18-17(19-5-8-24-11-13-27(2,22)23)20-14-15(16-4-3-12-26-16)21-6-9-25-10-7-21/h3-4,12,15H,5-11,13-14H2,1-2H3,(H2,18,19,20). The van der Waals surface area contributed by atoms with Gasteiger partial charge in [0.05, 0.1) is 38.2 Å². The lowest BCUT2D eigenvalue weighted by molar-refractivity contribution is 0.0177. The van der Waals surface area contributed by atoms with Gasteiger partial charge in [-0.15, -0.1) is 11.3 Å². The Balaban J connectivity index is 1.75. The van der Waals surface area contributed by atoms with Crippen molar-refractivity contribution in [3.05, 3.63) is 22.4 Å². The molecule has 0 spiro atoms. The molecule has 1 aromatic heterocycles. The SMILES string of the molecule is CN=C(NCCOCCS(C)(=O)=O)NCC(c1cccs1)N1CCOCC1. The average Bonchev–Trinajstić information content (AvgIpc) is 3.17. The summed E-state index contributed by atoms with van der Waals surface area (Å²) in [6, 6.07) is 4.52. The van der Waals surface area contributed by atoms with Crippen molar-refractivity contribution < 1.29 is 17.9 Å². The third kappa shape index (κ3) is 8.56. The first-order valence-electron chi connectivity index (χ1n) is 9.05. The molecule has 1 unspecified atom stereocenters. The molecule has 27 heavy (non-hydrogen) atoms. The number of nitrogens with zero attached hydrogens (tertiary/aromatic N) is 2. The van der Waals surface area contributed by atoms with Gasteiger partial charge < -0.3 is 20.1 Å². The Morgan fingerprint density at radius 2 is 2.15 bits per heavy atom. The Kier molecular flexibility index (Phi) is 9.49.